The summed E-state index contributed by atoms with van der Waals surface area (Å²) in [5.41, 5.74) is 0. The molecule has 8 N–H and O–H groups in total. The van der Waals surface area contributed by atoms with E-state index in [2.05, 4.69) is 0 Å². The fourth-order valence-corrected chi connectivity index (χ4v) is 4.88. The molecule has 4 rings (SSSR count). The Balaban J connectivity index is 1.37. The molecule has 17 heteroatoms. The van der Waals surface area contributed by atoms with Gasteiger partial charge in [0, 0.05) is 14.2 Å². The molecule has 0 bridgehead atoms. The molecule has 0 radical (unpaired) electrons. The van der Waals surface area contributed by atoms with Crippen LogP contribution < -0.4 is 0 Å². The van der Waals surface area contributed by atoms with Crippen LogP contribution in [-0.2, 0) is 42.6 Å². The molecule has 0 amide bonds. The van der Waals surface area contributed by atoms with Gasteiger partial charge >= 0.3 is 0 Å². The lowest BCUT2D eigenvalue weighted by Crippen LogP contribution is -2.63. The van der Waals surface area contributed by atoms with Gasteiger partial charge in [0.05, 0.1) is 26.4 Å². The largest absolute Gasteiger partial charge is 0.388 e. The van der Waals surface area contributed by atoms with Gasteiger partial charge in [0.15, 0.2) is 25.2 Å². The van der Waals surface area contributed by atoms with Crippen LogP contribution in [0.3, 0.4) is 0 Å². The summed E-state index contributed by atoms with van der Waals surface area (Å²) in [6.07, 6.45) is -22.0. The summed E-state index contributed by atoms with van der Waals surface area (Å²) in [6.45, 7) is -1.19. The smallest absolute Gasteiger partial charge is 0.186 e. The standard InChI is InChI=1S/C22H38O17/c1-31-16-7(23)3-34-21(13(16)28)38-18-9(25)5-35-22(15(18)30)39-17-8(24)4-33-20(14(17)29)37-10-6-36-19(32-2)12(27)11(10)26/h7-30H,3-6H2,1-2H3/t7-,8-,9-,10-,11?,12+,13+,14+,15+,16?,17?,18?,19-,20+,21+,22-/m1/s1. The summed E-state index contributed by atoms with van der Waals surface area (Å²) in [7, 11) is 2.57. The van der Waals surface area contributed by atoms with Crippen LogP contribution in [0.5, 0.6) is 0 Å². The zero-order valence-corrected chi connectivity index (χ0v) is 21.3. The van der Waals surface area contributed by atoms with Gasteiger partial charge in [-0.1, -0.05) is 0 Å². The Hall–Kier alpha value is -0.680. The van der Waals surface area contributed by atoms with Gasteiger partial charge in [0.1, 0.15) is 73.2 Å². The minimum absolute atomic E-state index is 0.200. The number of aliphatic hydroxyl groups excluding tert-OH is 8. The minimum Gasteiger partial charge on any atom is -0.388 e. The maximum absolute atomic E-state index is 10.9. The van der Waals surface area contributed by atoms with Crippen LogP contribution in [0.25, 0.3) is 0 Å². The van der Waals surface area contributed by atoms with Crippen molar-refractivity contribution in [2.75, 3.05) is 40.6 Å². The van der Waals surface area contributed by atoms with Crippen molar-refractivity contribution in [2.45, 2.75) is 98.4 Å². The normalized spacial score (nSPS) is 51.5. The van der Waals surface area contributed by atoms with Gasteiger partial charge in [-0.2, -0.15) is 0 Å². The second-order valence-corrected chi connectivity index (χ2v) is 9.77. The van der Waals surface area contributed by atoms with E-state index in [1.165, 1.54) is 14.2 Å². The number of methoxy groups -OCH3 is 2. The molecule has 0 saturated carbocycles. The number of rotatable bonds is 8. The van der Waals surface area contributed by atoms with Crippen molar-refractivity contribution >= 4 is 0 Å². The molecule has 4 aliphatic heterocycles. The van der Waals surface area contributed by atoms with Gasteiger partial charge in [-0.15, -0.1) is 0 Å². The topological polar surface area (TPSA) is 245 Å². The molecule has 16 atom stereocenters. The van der Waals surface area contributed by atoms with Crippen LogP contribution in [0.2, 0.25) is 0 Å². The molecule has 4 saturated heterocycles. The van der Waals surface area contributed by atoms with Crippen molar-refractivity contribution in [3.05, 3.63) is 0 Å². The van der Waals surface area contributed by atoms with E-state index >= 15 is 0 Å². The highest BCUT2D eigenvalue weighted by molar-refractivity contribution is 4.92. The van der Waals surface area contributed by atoms with Crippen molar-refractivity contribution in [3.63, 3.8) is 0 Å². The SMILES string of the molecule is COC1[C@H](O)CO[C@@H](OC2[C@H](O)CO[C@H](OC3[C@H](O)CO[C@@H](O[C@@H]4CO[C@@H](OC)[C@@H](O)C4O)[C@H]3O)[C@H]2O)[C@H]1O. The van der Waals surface area contributed by atoms with Gasteiger partial charge in [-0.3, -0.25) is 0 Å². The van der Waals surface area contributed by atoms with Crippen molar-refractivity contribution < 1.29 is 83.5 Å². The van der Waals surface area contributed by atoms with Gasteiger partial charge in [-0.25, -0.2) is 0 Å². The molecule has 17 nitrogen and oxygen atoms in total. The van der Waals surface area contributed by atoms with Crippen molar-refractivity contribution in [2.24, 2.45) is 0 Å². The molecule has 4 unspecified atom stereocenters. The van der Waals surface area contributed by atoms with Crippen LogP contribution in [0, 0.1) is 0 Å². The first-order valence-corrected chi connectivity index (χ1v) is 12.5. The van der Waals surface area contributed by atoms with E-state index in [1.54, 1.807) is 0 Å². The molecule has 4 heterocycles. The van der Waals surface area contributed by atoms with Crippen molar-refractivity contribution in [1.29, 1.82) is 0 Å². The zero-order chi connectivity index (χ0) is 28.4. The molecule has 4 fully saturated rings. The average molecular weight is 575 g/mol. The number of hydrogen-bond acceptors (Lipinski definition) is 17. The minimum atomic E-state index is -1.69. The Bertz CT molecular complexity index is 762. The zero-order valence-electron chi connectivity index (χ0n) is 21.3. The second kappa shape index (κ2) is 13.5. The van der Waals surface area contributed by atoms with Gasteiger partial charge in [-0.05, 0) is 0 Å². The van der Waals surface area contributed by atoms with E-state index in [4.69, 9.17) is 42.6 Å². The van der Waals surface area contributed by atoms with Gasteiger partial charge < -0.3 is 83.5 Å². The summed E-state index contributed by atoms with van der Waals surface area (Å²) in [5, 5.41) is 83.3. The second-order valence-electron chi connectivity index (χ2n) is 9.77. The third-order valence-electron chi connectivity index (χ3n) is 7.11. The first kappa shape index (κ1) is 31.3. The Labute approximate surface area is 223 Å². The fourth-order valence-electron chi connectivity index (χ4n) is 4.88. The first-order chi connectivity index (χ1) is 18.6. The van der Waals surface area contributed by atoms with Crippen molar-refractivity contribution in [1.82, 2.24) is 0 Å². The monoisotopic (exact) mass is 574 g/mol. The van der Waals surface area contributed by atoms with E-state index in [-0.39, 0.29) is 26.4 Å². The Morgan fingerprint density at radius 2 is 0.846 bits per heavy atom. The van der Waals surface area contributed by atoms with Crippen LogP contribution in [0.4, 0.5) is 0 Å². The summed E-state index contributed by atoms with van der Waals surface area (Å²) in [4.78, 5) is 0. The van der Waals surface area contributed by atoms with Crippen LogP contribution >= 0.6 is 0 Å². The lowest BCUT2D eigenvalue weighted by atomic mass is 10.0. The summed E-state index contributed by atoms with van der Waals surface area (Å²) in [6, 6.07) is 0. The van der Waals surface area contributed by atoms with Crippen molar-refractivity contribution in [3.8, 4) is 0 Å². The van der Waals surface area contributed by atoms with E-state index in [9.17, 15) is 40.9 Å². The molecule has 39 heavy (non-hydrogen) atoms. The molecular weight excluding hydrogens is 536 g/mol. The van der Waals surface area contributed by atoms with Gasteiger partial charge in [0.2, 0.25) is 0 Å². The predicted molar refractivity (Wildman–Crippen MR) is 119 cm³/mol. The quantitative estimate of drug-likeness (QED) is 0.134. The molecule has 0 aliphatic carbocycles. The molecule has 4 aliphatic rings. The van der Waals surface area contributed by atoms with Gasteiger partial charge in [0.25, 0.3) is 0 Å². The molecule has 0 spiro atoms. The highest BCUT2D eigenvalue weighted by atomic mass is 16.8. The molecule has 228 valence electrons. The van der Waals surface area contributed by atoms with E-state index in [0.717, 1.165) is 0 Å². The maximum atomic E-state index is 10.9. The van der Waals surface area contributed by atoms with Crippen LogP contribution in [-0.4, -0.2) is 180 Å². The Morgan fingerprint density at radius 1 is 0.436 bits per heavy atom. The Morgan fingerprint density at radius 3 is 1.31 bits per heavy atom. The fraction of sp³-hybridized carbons (Fsp3) is 1.00. The average Bonchev–Trinajstić information content (AvgIpc) is 2.91. The lowest BCUT2D eigenvalue weighted by Gasteiger charge is -2.45. The lowest BCUT2D eigenvalue weighted by molar-refractivity contribution is -0.364. The third kappa shape index (κ3) is 6.71. The molecule has 0 aromatic rings. The molecular formula is C22H38O17. The number of hydrogen-bond donors (Lipinski definition) is 8. The summed E-state index contributed by atoms with van der Waals surface area (Å²) >= 11 is 0. The maximum Gasteiger partial charge on any atom is 0.186 e. The van der Waals surface area contributed by atoms with Crippen LogP contribution in [0.1, 0.15) is 0 Å². The highest BCUT2D eigenvalue weighted by Gasteiger charge is 2.50. The first-order valence-electron chi connectivity index (χ1n) is 12.5. The molecule has 0 aromatic carbocycles. The van der Waals surface area contributed by atoms with Crippen LogP contribution in [0.15, 0.2) is 0 Å². The van der Waals surface area contributed by atoms with E-state index in [1.807, 2.05) is 0 Å². The predicted octanol–water partition coefficient (Wildman–Crippen LogP) is -5.88. The third-order valence-corrected chi connectivity index (χ3v) is 7.11. The number of ether oxygens (including phenoxy) is 9. The highest BCUT2D eigenvalue weighted by Crippen LogP contribution is 2.30. The Kier molecular flexibility index (Phi) is 10.8. The molecule has 0 aromatic heterocycles. The number of aliphatic hydroxyl groups is 8. The summed E-state index contributed by atoms with van der Waals surface area (Å²) in [5.74, 6) is 0. The van der Waals surface area contributed by atoms with E-state index in [0.29, 0.717) is 0 Å². The van der Waals surface area contributed by atoms with E-state index < -0.39 is 98.4 Å². The summed E-state index contributed by atoms with van der Waals surface area (Å²) < 4.78 is 48.1.